The molecule has 3 aromatic heterocycles. The maximum Gasteiger partial charge on any atom is 0.0708 e. The number of hydrogen-bond acceptors (Lipinski definition) is 3. The summed E-state index contributed by atoms with van der Waals surface area (Å²) in [6.07, 6.45) is 9.64. The molecule has 0 aliphatic carbocycles. The summed E-state index contributed by atoms with van der Waals surface area (Å²) in [7, 11) is 0. The van der Waals surface area contributed by atoms with Crippen LogP contribution in [-0.2, 0) is 0 Å². The van der Waals surface area contributed by atoms with Gasteiger partial charge in [-0.1, -0.05) is 200 Å². The Labute approximate surface area is 443 Å². The number of hydrogen-bond donors (Lipinski definition) is 0. The van der Waals surface area contributed by atoms with Crippen molar-refractivity contribution < 1.29 is 0 Å². The second-order valence-electron chi connectivity index (χ2n) is 18.9. The molecule has 0 saturated heterocycles. The van der Waals surface area contributed by atoms with Gasteiger partial charge < -0.3 is 0 Å². The highest BCUT2D eigenvalue weighted by Crippen LogP contribution is 2.45. The fourth-order valence-corrected chi connectivity index (χ4v) is 10.5. The Balaban J connectivity index is 0.986. The molecule has 0 amide bonds. The first-order valence-corrected chi connectivity index (χ1v) is 25.6. The molecule has 5 nitrogen and oxygen atoms in total. The Hall–Kier alpha value is -10.2. The molecule has 0 radical (unpaired) electrons. The van der Waals surface area contributed by atoms with Crippen molar-refractivity contribution in [1.82, 2.24) is 24.5 Å². The van der Waals surface area contributed by atoms with Gasteiger partial charge in [0.1, 0.15) is 0 Å². The number of aromatic nitrogens is 5. The maximum atomic E-state index is 5.30. The minimum atomic E-state index is 0.911. The molecule has 13 aromatic rings. The fraction of sp³-hybridized carbons (Fsp3) is 0. The summed E-state index contributed by atoms with van der Waals surface area (Å²) >= 11 is 0. The van der Waals surface area contributed by atoms with E-state index in [1.165, 1.54) is 16.7 Å². The zero-order chi connectivity index (χ0) is 50.6. The molecule has 0 N–H and O–H groups in total. The van der Waals surface area contributed by atoms with Crippen LogP contribution in [0.25, 0.3) is 123 Å². The lowest BCUT2D eigenvalue weighted by Crippen LogP contribution is -1.95. The van der Waals surface area contributed by atoms with Crippen LogP contribution in [0.3, 0.4) is 0 Å². The molecule has 0 fully saturated rings. The van der Waals surface area contributed by atoms with Crippen molar-refractivity contribution in [2.45, 2.75) is 0 Å². The summed E-state index contributed by atoms with van der Waals surface area (Å²) < 4.78 is 3.78. The number of nitrogens with zero attached hydrogens (tertiary/aromatic N) is 5. The van der Waals surface area contributed by atoms with Crippen molar-refractivity contribution in [3.05, 3.63) is 298 Å². The van der Waals surface area contributed by atoms with Crippen molar-refractivity contribution in [3.8, 4) is 123 Å². The van der Waals surface area contributed by atoms with Gasteiger partial charge in [0.15, 0.2) is 0 Å². The van der Waals surface area contributed by atoms with Crippen LogP contribution in [-0.4, -0.2) is 24.5 Å². The van der Waals surface area contributed by atoms with Crippen LogP contribution in [0.4, 0.5) is 0 Å². The second kappa shape index (κ2) is 20.3. The third-order valence-corrected chi connectivity index (χ3v) is 14.3. The van der Waals surface area contributed by atoms with Crippen LogP contribution in [0, 0.1) is 0 Å². The van der Waals surface area contributed by atoms with E-state index in [2.05, 4.69) is 271 Å². The summed E-state index contributed by atoms with van der Waals surface area (Å²) in [5.41, 5.74) is 24.3. The normalized spacial score (nSPS) is 11.2. The first-order chi connectivity index (χ1) is 37.7. The van der Waals surface area contributed by atoms with E-state index in [4.69, 9.17) is 4.98 Å². The van der Waals surface area contributed by atoms with E-state index >= 15 is 0 Å². The molecular formula is C71H49N5. The van der Waals surface area contributed by atoms with Gasteiger partial charge in [0.05, 0.1) is 17.1 Å². The summed E-state index contributed by atoms with van der Waals surface area (Å²) in [5, 5.41) is 8.97. The highest BCUT2D eigenvalue weighted by molar-refractivity contribution is 5.97. The zero-order valence-electron chi connectivity index (χ0n) is 41.5. The third-order valence-electron chi connectivity index (χ3n) is 14.3. The van der Waals surface area contributed by atoms with Gasteiger partial charge in [0.25, 0.3) is 0 Å². The van der Waals surface area contributed by atoms with Crippen LogP contribution >= 0.6 is 0 Å². The Kier molecular flexibility index (Phi) is 12.2. The van der Waals surface area contributed by atoms with Crippen molar-refractivity contribution >= 4 is 0 Å². The lowest BCUT2D eigenvalue weighted by atomic mass is 9.85. The number of pyridine rings is 1. The molecule has 0 aliphatic heterocycles. The average Bonchev–Trinajstić information content (AvgIpc) is 4.27. The number of rotatable bonds is 12. The van der Waals surface area contributed by atoms with Gasteiger partial charge in [0.2, 0.25) is 0 Å². The molecule has 0 bridgehead atoms. The molecule has 3 heterocycles. The van der Waals surface area contributed by atoms with Crippen LogP contribution in [0.2, 0.25) is 0 Å². The van der Waals surface area contributed by atoms with Crippen LogP contribution in [0.1, 0.15) is 0 Å². The first kappa shape index (κ1) is 45.6. The van der Waals surface area contributed by atoms with E-state index in [9.17, 15) is 0 Å². The largest absolute Gasteiger partial charge is 0.256 e. The molecule has 76 heavy (non-hydrogen) atoms. The summed E-state index contributed by atoms with van der Waals surface area (Å²) in [6.45, 7) is 0. The summed E-state index contributed by atoms with van der Waals surface area (Å²) in [6, 6.07) is 95.7. The molecule has 0 atom stereocenters. The average molecular weight is 972 g/mol. The van der Waals surface area contributed by atoms with Crippen LogP contribution in [0.5, 0.6) is 0 Å². The van der Waals surface area contributed by atoms with E-state index in [0.717, 1.165) is 106 Å². The zero-order valence-corrected chi connectivity index (χ0v) is 41.5. The Morgan fingerprint density at radius 1 is 0.224 bits per heavy atom. The van der Waals surface area contributed by atoms with Gasteiger partial charge in [-0.3, -0.25) is 4.98 Å². The van der Waals surface area contributed by atoms with Crippen molar-refractivity contribution in [1.29, 1.82) is 0 Å². The third kappa shape index (κ3) is 9.14. The summed E-state index contributed by atoms with van der Waals surface area (Å²) in [5.74, 6) is 0. The Morgan fingerprint density at radius 2 is 0.579 bits per heavy atom. The summed E-state index contributed by atoms with van der Waals surface area (Å²) in [4.78, 5) is 5.30. The van der Waals surface area contributed by atoms with Gasteiger partial charge in [-0.05, 0) is 161 Å². The minimum absolute atomic E-state index is 0.911. The standard InChI is InChI=1S/C71H49N5/c1-3-16-50(17-4-1)52-28-30-55(31-29-52)69-48-71(57-21-13-20-56(44-57)51-18-5-2-6-19-51)72-49-70(69)68-27-12-11-26-67(68)60-46-58(65-24-9-7-22-63(65)53-32-36-61(37-33-53)75-42-14-40-73-75)45-59(47-60)66-25-10-8-23-64(66)54-34-38-62(39-35-54)76-43-15-41-74-76/h1-49H. The predicted octanol–water partition coefficient (Wildman–Crippen LogP) is 18.1. The molecular weight excluding hydrogens is 923 g/mol. The lowest BCUT2D eigenvalue weighted by molar-refractivity contribution is 0.881. The maximum absolute atomic E-state index is 5.30. The van der Waals surface area contributed by atoms with Crippen LogP contribution in [0.15, 0.2) is 298 Å². The second-order valence-corrected chi connectivity index (χ2v) is 18.9. The smallest absolute Gasteiger partial charge is 0.0708 e. The van der Waals surface area contributed by atoms with Crippen molar-refractivity contribution in [2.75, 3.05) is 0 Å². The monoisotopic (exact) mass is 971 g/mol. The molecule has 5 heteroatoms. The van der Waals surface area contributed by atoms with Gasteiger partial charge in [-0.15, -0.1) is 0 Å². The fourth-order valence-electron chi connectivity index (χ4n) is 10.5. The van der Waals surface area contributed by atoms with Gasteiger partial charge >= 0.3 is 0 Å². The first-order valence-electron chi connectivity index (χ1n) is 25.6. The van der Waals surface area contributed by atoms with E-state index < -0.39 is 0 Å². The van der Waals surface area contributed by atoms with Gasteiger partial charge in [-0.2, -0.15) is 10.2 Å². The molecule has 13 rings (SSSR count). The highest BCUT2D eigenvalue weighted by atomic mass is 15.3. The minimum Gasteiger partial charge on any atom is -0.256 e. The molecule has 10 aromatic carbocycles. The molecule has 358 valence electrons. The van der Waals surface area contributed by atoms with Gasteiger partial charge in [-0.25, -0.2) is 9.36 Å². The quantitative estimate of drug-likeness (QED) is 0.123. The predicted molar refractivity (Wildman–Crippen MR) is 313 cm³/mol. The number of benzene rings is 10. The van der Waals surface area contributed by atoms with Gasteiger partial charge in [0, 0.05) is 42.1 Å². The van der Waals surface area contributed by atoms with Crippen molar-refractivity contribution in [3.63, 3.8) is 0 Å². The van der Waals surface area contributed by atoms with Crippen LogP contribution < -0.4 is 0 Å². The molecule has 0 unspecified atom stereocenters. The SMILES string of the molecule is c1ccc(-c2ccc(-c3cc(-c4cccc(-c5ccccc5)c4)ncc3-c3ccccc3-c3cc(-c4ccccc4-c4ccc(-n5cccn5)cc4)cc(-c4ccccc4-c4ccc(-n5cccn5)cc4)c3)cc2)cc1. The van der Waals surface area contributed by atoms with E-state index in [1.807, 2.05) is 46.3 Å². The van der Waals surface area contributed by atoms with Crippen molar-refractivity contribution in [2.24, 2.45) is 0 Å². The van der Waals surface area contributed by atoms with E-state index in [0.29, 0.717) is 0 Å². The van der Waals surface area contributed by atoms with E-state index in [-0.39, 0.29) is 0 Å². The van der Waals surface area contributed by atoms with E-state index in [1.54, 1.807) is 0 Å². The highest BCUT2D eigenvalue weighted by Gasteiger charge is 2.19. The topological polar surface area (TPSA) is 48.5 Å². The molecule has 0 spiro atoms. The molecule has 0 aliphatic rings. The Bertz CT molecular complexity index is 3970. The molecule has 0 saturated carbocycles. The Morgan fingerprint density at radius 3 is 1.07 bits per heavy atom. The lowest BCUT2D eigenvalue weighted by Gasteiger charge is -2.19.